The number of hydrogen-bond donors (Lipinski definition) is 0. The van der Waals surface area contributed by atoms with Crippen LogP contribution < -0.4 is 14.2 Å². The van der Waals surface area contributed by atoms with Crippen LogP contribution in [0.25, 0.3) is 0 Å². The van der Waals surface area contributed by atoms with E-state index in [1.54, 1.807) is 0 Å². The SMILES string of the molecule is COc1ccc2c(c1)OC(OC(C(F)(F)F)C(F)(F)F)O2. The van der Waals surface area contributed by atoms with Crippen molar-refractivity contribution in [1.29, 1.82) is 0 Å². The topological polar surface area (TPSA) is 36.9 Å². The largest absolute Gasteiger partial charge is 0.497 e. The zero-order valence-corrected chi connectivity index (χ0v) is 10.3. The first-order valence-corrected chi connectivity index (χ1v) is 5.41. The number of methoxy groups -OCH3 is 1. The molecule has 21 heavy (non-hydrogen) atoms. The van der Waals surface area contributed by atoms with Crippen molar-refractivity contribution in [3.05, 3.63) is 18.2 Å². The van der Waals surface area contributed by atoms with Crippen molar-refractivity contribution < 1.29 is 45.3 Å². The Morgan fingerprint density at radius 2 is 1.57 bits per heavy atom. The van der Waals surface area contributed by atoms with Crippen LogP contribution in [-0.4, -0.2) is 32.0 Å². The summed E-state index contributed by atoms with van der Waals surface area (Å²) in [6.07, 6.45) is -15.3. The third kappa shape index (κ3) is 3.43. The molecule has 0 aromatic heterocycles. The molecule has 2 rings (SSSR count). The molecule has 1 atom stereocenters. The minimum Gasteiger partial charge on any atom is -0.497 e. The monoisotopic (exact) mass is 318 g/mol. The van der Waals surface area contributed by atoms with Crippen LogP contribution >= 0.6 is 0 Å². The Morgan fingerprint density at radius 1 is 1.00 bits per heavy atom. The molecule has 118 valence electrons. The molecule has 1 heterocycles. The molecule has 0 saturated heterocycles. The maximum absolute atomic E-state index is 12.3. The summed E-state index contributed by atoms with van der Waals surface area (Å²) in [6.45, 7) is -2.15. The molecule has 0 bridgehead atoms. The third-order valence-electron chi connectivity index (χ3n) is 2.44. The van der Waals surface area contributed by atoms with Crippen molar-refractivity contribution in [1.82, 2.24) is 0 Å². The van der Waals surface area contributed by atoms with Gasteiger partial charge in [0.15, 0.2) is 11.5 Å². The van der Waals surface area contributed by atoms with Crippen LogP contribution in [0.15, 0.2) is 18.2 Å². The highest BCUT2D eigenvalue weighted by Gasteiger charge is 2.59. The van der Waals surface area contributed by atoms with Crippen molar-refractivity contribution in [3.63, 3.8) is 0 Å². The molecular formula is C11H8F6O4. The van der Waals surface area contributed by atoms with Crippen molar-refractivity contribution >= 4 is 0 Å². The first kappa shape index (κ1) is 15.5. The molecule has 0 aliphatic carbocycles. The van der Waals surface area contributed by atoms with Crippen LogP contribution in [-0.2, 0) is 4.74 Å². The molecule has 0 amide bonds. The standard InChI is InChI=1S/C11H8F6O4/c1-18-5-2-3-6-7(4-5)20-9(19-6)21-8(10(12,13)14)11(15,16)17/h2-4,8-9H,1H3. The first-order valence-electron chi connectivity index (χ1n) is 5.41. The van der Waals surface area contributed by atoms with Crippen LogP contribution in [0.3, 0.4) is 0 Å². The van der Waals surface area contributed by atoms with E-state index >= 15 is 0 Å². The van der Waals surface area contributed by atoms with Gasteiger partial charge in [-0.05, 0) is 12.1 Å². The molecule has 4 nitrogen and oxygen atoms in total. The number of alkyl halides is 6. The Balaban J connectivity index is 2.12. The lowest BCUT2D eigenvalue weighted by Gasteiger charge is -2.24. The Kier molecular flexibility index (Phi) is 3.83. The average Bonchev–Trinajstić information content (AvgIpc) is 2.74. The van der Waals surface area contributed by atoms with E-state index in [0.717, 1.165) is 0 Å². The zero-order valence-electron chi connectivity index (χ0n) is 10.3. The van der Waals surface area contributed by atoms with Crippen LogP contribution in [0, 0.1) is 0 Å². The van der Waals surface area contributed by atoms with Gasteiger partial charge >= 0.3 is 18.8 Å². The number of fused-ring (bicyclic) bond motifs is 1. The summed E-state index contributed by atoms with van der Waals surface area (Å²) < 4.78 is 92.2. The van der Waals surface area contributed by atoms with Gasteiger partial charge in [0.25, 0.3) is 6.10 Å². The lowest BCUT2D eigenvalue weighted by atomic mass is 10.3. The summed E-state index contributed by atoms with van der Waals surface area (Å²) in [5.41, 5.74) is 0. The molecule has 0 N–H and O–H groups in total. The van der Waals surface area contributed by atoms with E-state index in [4.69, 9.17) is 14.2 Å². The fourth-order valence-corrected chi connectivity index (χ4v) is 1.54. The predicted molar refractivity (Wildman–Crippen MR) is 55.0 cm³/mol. The Bertz CT molecular complexity index is 498. The highest BCUT2D eigenvalue weighted by Crippen LogP contribution is 2.41. The van der Waals surface area contributed by atoms with Crippen LogP contribution in [0.5, 0.6) is 17.2 Å². The Morgan fingerprint density at radius 3 is 2.10 bits per heavy atom. The smallest absolute Gasteiger partial charge is 0.423 e. The number of hydrogen-bond acceptors (Lipinski definition) is 4. The fourth-order valence-electron chi connectivity index (χ4n) is 1.54. The Hall–Kier alpha value is -1.84. The number of ether oxygens (including phenoxy) is 4. The molecule has 0 fully saturated rings. The van der Waals surface area contributed by atoms with Gasteiger partial charge in [-0.2, -0.15) is 26.3 Å². The molecule has 1 aliphatic heterocycles. The molecule has 1 aromatic rings. The second-order valence-corrected chi connectivity index (χ2v) is 3.94. The molecule has 0 spiro atoms. The summed E-state index contributed by atoms with van der Waals surface area (Å²) in [7, 11) is 1.33. The molecule has 1 aromatic carbocycles. The summed E-state index contributed by atoms with van der Waals surface area (Å²) >= 11 is 0. The van der Waals surface area contributed by atoms with E-state index in [9.17, 15) is 26.3 Å². The van der Waals surface area contributed by atoms with E-state index in [1.807, 2.05) is 0 Å². The summed E-state index contributed by atoms with van der Waals surface area (Å²) in [4.78, 5) is 0. The summed E-state index contributed by atoms with van der Waals surface area (Å²) in [6, 6.07) is 3.91. The minimum absolute atomic E-state index is 0.0519. The van der Waals surface area contributed by atoms with Crippen LogP contribution in [0.1, 0.15) is 0 Å². The normalized spacial score (nSPS) is 18.2. The van der Waals surface area contributed by atoms with E-state index in [-0.39, 0.29) is 11.5 Å². The third-order valence-corrected chi connectivity index (χ3v) is 2.44. The molecule has 1 unspecified atom stereocenters. The molecular weight excluding hydrogens is 310 g/mol. The van der Waals surface area contributed by atoms with Gasteiger partial charge in [-0.3, -0.25) is 4.74 Å². The van der Waals surface area contributed by atoms with Gasteiger partial charge < -0.3 is 14.2 Å². The van der Waals surface area contributed by atoms with E-state index in [1.165, 1.54) is 25.3 Å². The molecule has 1 aliphatic rings. The predicted octanol–water partition coefficient (Wildman–Crippen LogP) is 3.26. The van der Waals surface area contributed by atoms with Gasteiger partial charge in [-0.15, -0.1) is 0 Å². The van der Waals surface area contributed by atoms with Crippen molar-refractivity contribution in [2.45, 2.75) is 24.9 Å². The van der Waals surface area contributed by atoms with Gasteiger partial charge in [0.1, 0.15) is 5.75 Å². The molecule has 0 radical (unpaired) electrons. The lowest BCUT2D eigenvalue weighted by Crippen LogP contribution is -2.47. The molecule has 0 saturated carbocycles. The van der Waals surface area contributed by atoms with Crippen molar-refractivity contribution in [3.8, 4) is 17.2 Å². The second-order valence-electron chi connectivity index (χ2n) is 3.94. The van der Waals surface area contributed by atoms with Crippen LogP contribution in [0.4, 0.5) is 26.3 Å². The van der Waals surface area contributed by atoms with Crippen LogP contribution in [0.2, 0.25) is 0 Å². The van der Waals surface area contributed by atoms with Gasteiger partial charge in [0.2, 0.25) is 0 Å². The Labute approximate surface area is 114 Å². The summed E-state index contributed by atoms with van der Waals surface area (Å²) in [5.74, 6) is 0.160. The lowest BCUT2D eigenvalue weighted by molar-refractivity contribution is -0.364. The van der Waals surface area contributed by atoms with Crippen molar-refractivity contribution in [2.24, 2.45) is 0 Å². The van der Waals surface area contributed by atoms with E-state index in [0.29, 0.717) is 5.75 Å². The van der Waals surface area contributed by atoms with E-state index in [2.05, 4.69) is 4.74 Å². The quantitative estimate of drug-likeness (QED) is 0.802. The number of rotatable bonds is 3. The average molecular weight is 318 g/mol. The second kappa shape index (κ2) is 5.17. The van der Waals surface area contributed by atoms with Gasteiger partial charge in [0.05, 0.1) is 7.11 Å². The van der Waals surface area contributed by atoms with Gasteiger partial charge in [0, 0.05) is 6.07 Å². The summed E-state index contributed by atoms with van der Waals surface area (Å²) in [5, 5.41) is 0. The van der Waals surface area contributed by atoms with Gasteiger partial charge in [-0.25, -0.2) is 0 Å². The van der Waals surface area contributed by atoms with E-state index < -0.39 is 24.9 Å². The fraction of sp³-hybridized carbons (Fsp3) is 0.455. The minimum atomic E-state index is -5.64. The molecule has 10 heteroatoms. The highest BCUT2D eigenvalue weighted by atomic mass is 19.4. The maximum Gasteiger partial charge on any atom is 0.423 e. The number of halogens is 6. The number of benzene rings is 1. The first-order chi connectivity index (χ1) is 9.61. The maximum atomic E-state index is 12.3. The van der Waals surface area contributed by atoms with Crippen molar-refractivity contribution in [2.75, 3.05) is 7.11 Å². The highest BCUT2D eigenvalue weighted by molar-refractivity contribution is 5.47. The zero-order chi connectivity index (χ0) is 15.8. The van der Waals surface area contributed by atoms with Gasteiger partial charge in [-0.1, -0.05) is 0 Å².